The molecule has 1 amide bonds. The van der Waals surface area contributed by atoms with Crippen LogP contribution in [0.2, 0.25) is 0 Å². The van der Waals surface area contributed by atoms with Gasteiger partial charge in [0.1, 0.15) is 6.54 Å². The number of sulfonamides is 1. The van der Waals surface area contributed by atoms with Crippen LogP contribution in [0, 0.1) is 6.92 Å². The van der Waals surface area contributed by atoms with Crippen molar-refractivity contribution in [3.63, 3.8) is 0 Å². The van der Waals surface area contributed by atoms with Crippen LogP contribution in [0.15, 0.2) is 24.3 Å². The van der Waals surface area contributed by atoms with E-state index in [-0.39, 0.29) is 18.5 Å². The molecular formula is C14H22N2O3S. The summed E-state index contributed by atoms with van der Waals surface area (Å²) >= 11 is 0. The van der Waals surface area contributed by atoms with Gasteiger partial charge >= 0.3 is 0 Å². The van der Waals surface area contributed by atoms with E-state index in [0.29, 0.717) is 5.69 Å². The van der Waals surface area contributed by atoms with Gasteiger partial charge in [0.2, 0.25) is 15.9 Å². The van der Waals surface area contributed by atoms with Crippen molar-refractivity contribution >= 4 is 21.6 Å². The highest BCUT2D eigenvalue weighted by Crippen LogP contribution is 2.21. The van der Waals surface area contributed by atoms with E-state index in [9.17, 15) is 13.2 Å². The van der Waals surface area contributed by atoms with E-state index < -0.39 is 10.0 Å². The Bertz CT molecular complexity index is 570. The summed E-state index contributed by atoms with van der Waals surface area (Å²) in [4.78, 5) is 11.9. The van der Waals surface area contributed by atoms with Crippen molar-refractivity contribution in [2.45, 2.75) is 33.2 Å². The number of anilines is 1. The predicted octanol–water partition coefficient (Wildman–Crippen LogP) is 1.68. The van der Waals surface area contributed by atoms with Crippen LogP contribution in [0.5, 0.6) is 0 Å². The molecule has 0 aliphatic heterocycles. The molecule has 0 heterocycles. The molecular weight excluding hydrogens is 276 g/mol. The quantitative estimate of drug-likeness (QED) is 0.869. The Labute approximate surface area is 121 Å². The van der Waals surface area contributed by atoms with Crippen molar-refractivity contribution in [3.8, 4) is 0 Å². The predicted molar refractivity (Wildman–Crippen MR) is 81.3 cm³/mol. The lowest BCUT2D eigenvalue weighted by Crippen LogP contribution is -2.43. The molecule has 1 atom stereocenters. The first kappa shape index (κ1) is 16.5. The largest absolute Gasteiger partial charge is 0.352 e. The minimum atomic E-state index is -3.51. The molecule has 6 heteroatoms. The zero-order valence-corrected chi connectivity index (χ0v) is 13.2. The molecule has 0 unspecified atom stereocenters. The molecule has 0 aliphatic rings. The first-order chi connectivity index (χ1) is 9.25. The smallest absolute Gasteiger partial charge is 0.240 e. The maximum absolute atomic E-state index is 11.9. The number of aryl methyl sites for hydroxylation is 1. The number of amides is 1. The van der Waals surface area contributed by atoms with Gasteiger partial charge in [-0.3, -0.25) is 9.10 Å². The fourth-order valence-corrected chi connectivity index (χ4v) is 2.69. The maximum Gasteiger partial charge on any atom is 0.240 e. The molecule has 0 saturated carbocycles. The molecule has 0 fully saturated rings. The van der Waals surface area contributed by atoms with Gasteiger partial charge in [-0.1, -0.05) is 25.1 Å². The minimum absolute atomic E-state index is 0.0285. The van der Waals surface area contributed by atoms with Gasteiger partial charge in [0, 0.05) is 6.04 Å². The van der Waals surface area contributed by atoms with Gasteiger partial charge < -0.3 is 5.32 Å². The zero-order chi connectivity index (χ0) is 15.3. The average Bonchev–Trinajstić information content (AvgIpc) is 2.35. The Kier molecular flexibility index (Phi) is 5.56. The SMILES string of the molecule is CC[C@H](C)NC(=O)CN(c1ccccc1C)S(C)(=O)=O. The Morgan fingerprint density at radius 2 is 1.95 bits per heavy atom. The molecule has 1 aromatic rings. The summed E-state index contributed by atoms with van der Waals surface area (Å²) in [5, 5.41) is 2.78. The lowest BCUT2D eigenvalue weighted by Gasteiger charge is -2.24. The maximum atomic E-state index is 11.9. The second kappa shape index (κ2) is 6.74. The van der Waals surface area contributed by atoms with E-state index in [2.05, 4.69) is 5.32 Å². The molecule has 0 aromatic heterocycles. The lowest BCUT2D eigenvalue weighted by atomic mass is 10.2. The zero-order valence-electron chi connectivity index (χ0n) is 12.4. The topological polar surface area (TPSA) is 66.5 Å². The monoisotopic (exact) mass is 298 g/mol. The fourth-order valence-electron chi connectivity index (χ4n) is 1.78. The third kappa shape index (κ3) is 4.52. The van der Waals surface area contributed by atoms with Crippen molar-refractivity contribution in [3.05, 3.63) is 29.8 Å². The van der Waals surface area contributed by atoms with Gasteiger partial charge in [0.15, 0.2) is 0 Å². The third-order valence-corrected chi connectivity index (χ3v) is 4.22. The Hall–Kier alpha value is -1.56. The van der Waals surface area contributed by atoms with E-state index in [4.69, 9.17) is 0 Å². The second-order valence-corrected chi connectivity index (χ2v) is 6.84. The Morgan fingerprint density at radius 3 is 2.45 bits per heavy atom. The number of nitrogens with one attached hydrogen (secondary N) is 1. The number of hydrogen-bond donors (Lipinski definition) is 1. The third-order valence-electron chi connectivity index (χ3n) is 3.09. The molecule has 20 heavy (non-hydrogen) atoms. The summed E-state index contributed by atoms with van der Waals surface area (Å²) in [6.45, 7) is 5.46. The number of hydrogen-bond acceptors (Lipinski definition) is 3. The Morgan fingerprint density at radius 1 is 1.35 bits per heavy atom. The first-order valence-corrected chi connectivity index (χ1v) is 8.43. The summed E-state index contributed by atoms with van der Waals surface area (Å²) in [5.74, 6) is -0.298. The number of benzene rings is 1. The van der Waals surface area contributed by atoms with Gasteiger partial charge in [-0.05, 0) is 31.9 Å². The summed E-state index contributed by atoms with van der Waals surface area (Å²) in [7, 11) is -3.51. The highest BCUT2D eigenvalue weighted by Gasteiger charge is 2.22. The summed E-state index contributed by atoms with van der Waals surface area (Å²) in [6.07, 6.45) is 1.91. The average molecular weight is 298 g/mol. The second-order valence-electron chi connectivity index (χ2n) is 4.93. The number of para-hydroxylation sites is 1. The van der Waals surface area contributed by atoms with Crippen LogP contribution < -0.4 is 9.62 Å². The summed E-state index contributed by atoms with van der Waals surface area (Å²) in [5.41, 5.74) is 1.35. The lowest BCUT2D eigenvalue weighted by molar-refractivity contribution is -0.120. The van der Waals surface area contributed by atoms with Crippen LogP contribution in [0.3, 0.4) is 0 Å². The fraction of sp³-hybridized carbons (Fsp3) is 0.500. The van der Waals surface area contributed by atoms with Crippen LogP contribution in [-0.2, 0) is 14.8 Å². The molecule has 0 radical (unpaired) electrons. The van der Waals surface area contributed by atoms with E-state index >= 15 is 0 Å². The number of rotatable bonds is 6. The molecule has 0 saturated heterocycles. The van der Waals surface area contributed by atoms with Crippen LogP contribution in [0.1, 0.15) is 25.8 Å². The summed E-state index contributed by atoms with van der Waals surface area (Å²) in [6, 6.07) is 7.14. The Balaban J connectivity index is 2.99. The van der Waals surface area contributed by atoms with Gasteiger partial charge in [0.05, 0.1) is 11.9 Å². The van der Waals surface area contributed by atoms with E-state index in [1.54, 1.807) is 12.1 Å². The standard InChI is InChI=1S/C14H22N2O3S/c1-5-12(3)15-14(17)10-16(20(4,18)19)13-9-7-6-8-11(13)2/h6-9,12H,5,10H2,1-4H3,(H,15,17)/t12-/m0/s1. The van der Waals surface area contributed by atoms with Crippen molar-refractivity contribution in [1.29, 1.82) is 0 Å². The molecule has 1 rings (SSSR count). The van der Waals surface area contributed by atoms with Crippen LogP contribution >= 0.6 is 0 Å². The van der Waals surface area contributed by atoms with Crippen molar-refractivity contribution in [2.75, 3.05) is 17.1 Å². The number of carbonyl (C=O) groups is 1. The molecule has 1 N–H and O–H groups in total. The molecule has 112 valence electrons. The first-order valence-electron chi connectivity index (χ1n) is 6.58. The number of nitrogens with zero attached hydrogens (tertiary/aromatic N) is 1. The van der Waals surface area contributed by atoms with Crippen molar-refractivity contribution < 1.29 is 13.2 Å². The molecule has 5 nitrogen and oxygen atoms in total. The van der Waals surface area contributed by atoms with Gasteiger partial charge in [0.25, 0.3) is 0 Å². The van der Waals surface area contributed by atoms with Gasteiger partial charge in [-0.15, -0.1) is 0 Å². The van der Waals surface area contributed by atoms with Crippen molar-refractivity contribution in [1.82, 2.24) is 5.32 Å². The van der Waals surface area contributed by atoms with E-state index in [1.807, 2.05) is 32.9 Å². The van der Waals surface area contributed by atoms with Gasteiger partial charge in [-0.2, -0.15) is 0 Å². The molecule has 0 spiro atoms. The molecule has 1 aromatic carbocycles. The highest BCUT2D eigenvalue weighted by atomic mass is 32.2. The van der Waals surface area contributed by atoms with E-state index in [1.165, 1.54) is 0 Å². The van der Waals surface area contributed by atoms with Gasteiger partial charge in [-0.25, -0.2) is 8.42 Å². The normalized spacial score (nSPS) is 12.8. The van der Waals surface area contributed by atoms with E-state index in [0.717, 1.165) is 22.5 Å². The minimum Gasteiger partial charge on any atom is -0.352 e. The number of carbonyl (C=O) groups excluding carboxylic acids is 1. The van der Waals surface area contributed by atoms with Crippen LogP contribution in [0.4, 0.5) is 5.69 Å². The molecule has 0 aliphatic carbocycles. The summed E-state index contributed by atoms with van der Waals surface area (Å²) < 4.78 is 25.0. The molecule has 0 bridgehead atoms. The van der Waals surface area contributed by atoms with Crippen LogP contribution in [-0.4, -0.2) is 33.2 Å². The highest BCUT2D eigenvalue weighted by molar-refractivity contribution is 7.92. The van der Waals surface area contributed by atoms with Crippen molar-refractivity contribution in [2.24, 2.45) is 0 Å². The van der Waals surface area contributed by atoms with Crippen LogP contribution in [0.25, 0.3) is 0 Å².